The number of hydrogen-bond acceptors (Lipinski definition) is 2. The molecule has 64 valence electrons. The minimum atomic E-state index is -0.373. The number of alkyl halides is 1. The van der Waals surface area contributed by atoms with Gasteiger partial charge < -0.3 is 4.74 Å². The van der Waals surface area contributed by atoms with Crippen LogP contribution in [0, 0.1) is 6.57 Å². The smallest absolute Gasteiger partial charge is 0.338 e. The van der Waals surface area contributed by atoms with Gasteiger partial charge in [0.05, 0.1) is 12.1 Å². The van der Waals surface area contributed by atoms with Crippen molar-refractivity contribution in [1.82, 2.24) is 0 Å². The summed E-state index contributed by atoms with van der Waals surface area (Å²) in [5, 5.41) is -0.366. The molecule has 0 spiro atoms. The van der Waals surface area contributed by atoms with Crippen LogP contribution in [0.15, 0.2) is 18.2 Å². The Morgan fingerprint density at radius 3 is 3.00 bits per heavy atom. The molecule has 0 N–H and O–H groups in total. The fraction of sp³-hybridized carbons (Fsp3) is 0.111. The third-order valence-electron chi connectivity index (χ3n) is 1.84. The molecule has 0 amide bonds. The summed E-state index contributed by atoms with van der Waals surface area (Å²) >= 11 is 3.20. The van der Waals surface area contributed by atoms with Gasteiger partial charge in [-0.3, -0.25) is 0 Å². The average Bonchev–Trinajstić information content (AvgIpc) is 2.42. The van der Waals surface area contributed by atoms with E-state index in [1.807, 2.05) is 0 Å². The quantitative estimate of drug-likeness (QED) is 0.395. The zero-order valence-electron chi connectivity index (χ0n) is 6.45. The van der Waals surface area contributed by atoms with E-state index in [0.717, 1.165) is 5.56 Å². The van der Waals surface area contributed by atoms with E-state index in [9.17, 15) is 4.79 Å². The van der Waals surface area contributed by atoms with Gasteiger partial charge in [-0.15, -0.1) is 0 Å². The molecule has 4 heteroatoms. The third kappa shape index (κ3) is 1.21. The topological polar surface area (TPSA) is 30.7 Å². The molecule has 3 nitrogen and oxygen atoms in total. The van der Waals surface area contributed by atoms with E-state index in [1.54, 1.807) is 18.2 Å². The maximum atomic E-state index is 11.2. The molecule has 0 aromatic heterocycles. The maximum Gasteiger partial charge on any atom is 0.338 e. The fourth-order valence-corrected chi connectivity index (χ4v) is 1.78. The molecule has 0 bridgehead atoms. The van der Waals surface area contributed by atoms with Crippen molar-refractivity contribution in [2.45, 2.75) is 5.01 Å². The standard InChI is InChI=1S/C9H4BrNO2/c1-11-5-2-3-6-7(4-5)9(12)13-8(6)10/h2-4,8H. The molecule has 0 saturated heterocycles. The van der Waals surface area contributed by atoms with Crippen LogP contribution in [-0.2, 0) is 4.74 Å². The monoisotopic (exact) mass is 237 g/mol. The largest absolute Gasteiger partial charge is 0.442 e. The number of benzene rings is 1. The van der Waals surface area contributed by atoms with Crippen LogP contribution < -0.4 is 0 Å². The van der Waals surface area contributed by atoms with Crippen molar-refractivity contribution in [3.63, 3.8) is 0 Å². The summed E-state index contributed by atoms with van der Waals surface area (Å²) in [5.41, 5.74) is 1.73. The Morgan fingerprint density at radius 1 is 1.54 bits per heavy atom. The van der Waals surface area contributed by atoms with Gasteiger partial charge in [0, 0.05) is 5.56 Å². The predicted octanol–water partition coefficient (Wildman–Crippen LogP) is 2.80. The molecule has 0 radical (unpaired) electrons. The van der Waals surface area contributed by atoms with Crippen LogP contribution in [0.5, 0.6) is 0 Å². The first-order chi connectivity index (χ1) is 6.22. The highest BCUT2D eigenvalue weighted by molar-refractivity contribution is 9.09. The first-order valence-corrected chi connectivity index (χ1v) is 4.50. The van der Waals surface area contributed by atoms with Crippen molar-refractivity contribution in [3.8, 4) is 0 Å². The van der Waals surface area contributed by atoms with Crippen molar-refractivity contribution in [1.29, 1.82) is 0 Å². The summed E-state index contributed by atoms with van der Waals surface area (Å²) in [5.74, 6) is -0.373. The number of nitrogens with zero attached hydrogens (tertiary/aromatic N) is 1. The van der Waals surface area contributed by atoms with Crippen molar-refractivity contribution in [3.05, 3.63) is 40.7 Å². The summed E-state index contributed by atoms with van der Waals surface area (Å²) in [6, 6.07) is 4.95. The van der Waals surface area contributed by atoms with E-state index >= 15 is 0 Å². The number of carbonyl (C=O) groups is 1. The summed E-state index contributed by atoms with van der Waals surface area (Å²) < 4.78 is 4.91. The van der Waals surface area contributed by atoms with Crippen molar-refractivity contribution < 1.29 is 9.53 Å². The van der Waals surface area contributed by atoms with Gasteiger partial charge in [0.2, 0.25) is 0 Å². The van der Waals surface area contributed by atoms with Crippen LogP contribution in [0.1, 0.15) is 20.9 Å². The van der Waals surface area contributed by atoms with Crippen LogP contribution in [0.3, 0.4) is 0 Å². The van der Waals surface area contributed by atoms with Gasteiger partial charge >= 0.3 is 5.97 Å². The molecule has 1 aromatic carbocycles. The lowest BCUT2D eigenvalue weighted by atomic mass is 10.1. The molecule has 1 aliphatic heterocycles. The molecule has 2 rings (SSSR count). The number of rotatable bonds is 0. The molecule has 0 aliphatic carbocycles. The van der Waals surface area contributed by atoms with E-state index < -0.39 is 0 Å². The number of ether oxygens (including phenoxy) is 1. The highest BCUT2D eigenvalue weighted by atomic mass is 79.9. The SMILES string of the molecule is [C-]#[N+]c1ccc2c(c1)C(=O)OC2Br. The van der Waals surface area contributed by atoms with E-state index in [4.69, 9.17) is 11.3 Å². The molecule has 0 fully saturated rings. The fourth-order valence-electron chi connectivity index (χ4n) is 1.21. The highest BCUT2D eigenvalue weighted by Gasteiger charge is 2.28. The minimum Gasteiger partial charge on any atom is -0.442 e. The van der Waals surface area contributed by atoms with E-state index in [0.29, 0.717) is 11.3 Å². The zero-order valence-corrected chi connectivity index (χ0v) is 8.04. The maximum absolute atomic E-state index is 11.2. The normalized spacial score (nSPS) is 19.1. The number of halogens is 1. The van der Waals surface area contributed by atoms with Gasteiger partial charge in [0.15, 0.2) is 10.7 Å². The number of hydrogen-bond donors (Lipinski definition) is 0. The molecule has 1 aliphatic rings. The van der Waals surface area contributed by atoms with Crippen molar-refractivity contribution in [2.75, 3.05) is 0 Å². The molecule has 1 atom stereocenters. The number of esters is 1. The molecule has 1 aromatic rings. The number of fused-ring (bicyclic) bond motifs is 1. The highest BCUT2D eigenvalue weighted by Crippen LogP contribution is 2.36. The lowest BCUT2D eigenvalue weighted by Crippen LogP contribution is -1.92. The predicted molar refractivity (Wildman–Crippen MR) is 49.8 cm³/mol. The van der Waals surface area contributed by atoms with Crippen LogP contribution in [0.2, 0.25) is 0 Å². The molecular weight excluding hydrogens is 234 g/mol. The van der Waals surface area contributed by atoms with E-state index in [1.165, 1.54) is 0 Å². The second-order valence-corrected chi connectivity index (χ2v) is 3.44. The molecular formula is C9H4BrNO2. The zero-order chi connectivity index (χ0) is 9.42. The first kappa shape index (κ1) is 8.27. The second-order valence-electron chi connectivity index (χ2n) is 2.60. The Bertz CT molecular complexity index is 422. The summed E-state index contributed by atoms with van der Waals surface area (Å²) in [7, 11) is 0. The van der Waals surface area contributed by atoms with Crippen molar-refractivity contribution in [2.24, 2.45) is 0 Å². The summed E-state index contributed by atoms with van der Waals surface area (Å²) in [4.78, 5) is 14.4. The van der Waals surface area contributed by atoms with Gasteiger partial charge in [0.1, 0.15) is 0 Å². The van der Waals surface area contributed by atoms with Gasteiger partial charge in [-0.1, -0.05) is 12.1 Å². The number of carbonyl (C=O) groups excluding carboxylic acids is 1. The average molecular weight is 238 g/mol. The van der Waals surface area contributed by atoms with Crippen molar-refractivity contribution >= 4 is 27.6 Å². The van der Waals surface area contributed by atoms with E-state index in [-0.39, 0.29) is 11.0 Å². The molecule has 1 unspecified atom stereocenters. The molecule has 0 saturated carbocycles. The minimum absolute atomic E-state index is 0.366. The second kappa shape index (κ2) is 2.86. The Hall–Kier alpha value is -1.34. The van der Waals surface area contributed by atoms with Crippen LogP contribution in [0.4, 0.5) is 5.69 Å². The number of cyclic esters (lactones) is 1. The lowest BCUT2D eigenvalue weighted by Gasteiger charge is -1.98. The molecule has 1 heterocycles. The Morgan fingerprint density at radius 2 is 2.31 bits per heavy atom. The Kier molecular flexibility index (Phi) is 1.82. The first-order valence-electron chi connectivity index (χ1n) is 3.59. The Labute approximate surface area is 83.3 Å². The van der Waals surface area contributed by atoms with Gasteiger partial charge in [-0.25, -0.2) is 9.64 Å². The van der Waals surface area contributed by atoms with Gasteiger partial charge in [-0.2, -0.15) is 0 Å². The van der Waals surface area contributed by atoms with Gasteiger partial charge in [-0.05, 0) is 22.0 Å². The summed E-state index contributed by atoms with van der Waals surface area (Å²) in [6.07, 6.45) is 0. The van der Waals surface area contributed by atoms with Crippen LogP contribution >= 0.6 is 15.9 Å². The molecule has 13 heavy (non-hydrogen) atoms. The van der Waals surface area contributed by atoms with E-state index in [2.05, 4.69) is 20.8 Å². The third-order valence-corrected chi connectivity index (χ3v) is 2.52. The Balaban J connectivity index is 2.60. The van der Waals surface area contributed by atoms with Crippen LogP contribution in [0.25, 0.3) is 4.85 Å². The van der Waals surface area contributed by atoms with Gasteiger partial charge in [0.25, 0.3) is 0 Å². The lowest BCUT2D eigenvalue weighted by molar-refractivity contribution is 0.0530. The van der Waals surface area contributed by atoms with Crippen LogP contribution in [-0.4, -0.2) is 5.97 Å². The summed E-state index contributed by atoms with van der Waals surface area (Å²) in [6.45, 7) is 6.78.